The summed E-state index contributed by atoms with van der Waals surface area (Å²) in [6.45, 7) is 3.63. The van der Waals surface area contributed by atoms with Crippen molar-refractivity contribution in [3.05, 3.63) is 45.3 Å². The molecule has 0 saturated carbocycles. The summed E-state index contributed by atoms with van der Waals surface area (Å²) < 4.78 is 16.1. The molecular weight excluding hydrogens is 378 g/mol. The SMILES string of the molecule is COc1ccc(Br)cc1C(=O)CCC(=O)OCc1c(C)noc1C. The number of esters is 1. The first-order valence-corrected chi connectivity index (χ1v) is 8.15. The van der Waals surface area contributed by atoms with E-state index in [4.69, 9.17) is 14.0 Å². The largest absolute Gasteiger partial charge is 0.496 e. The molecule has 0 radical (unpaired) electrons. The van der Waals surface area contributed by atoms with E-state index in [1.165, 1.54) is 7.11 Å². The van der Waals surface area contributed by atoms with Gasteiger partial charge in [-0.1, -0.05) is 21.1 Å². The van der Waals surface area contributed by atoms with Crippen molar-refractivity contribution in [3.8, 4) is 5.75 Å². The quantitative estimate of drug-likeness (QED) is 0.524. The lowest BCUT2D eigenvalue weighted by atomic mass is 10.1. The van der Waals surface area contributed by atoms with Crippen molar-refractivity contribution in [2.45, 2.75) is 33.3 Å². The third kappa shape index (κ3) is 4.44. The number of rotatable bonds is 7. The van der Waals surface area contributed by atoms with Gasteiger partial charge in [0.1, 0.15) is 18.1 Å². The van der Waals surface area contributed by atoms with Crippen molar-refractivity contribution in [1.29, 1.82) is 0 Å². The zero-order valence-corrected chi connectivity index (χ0v) is 15.3. The third-order valence-electron chi connectivity index (χ3n) is 3.58. The minimum Gasteiger partial charge on any atom is -0.496 e. The number of hydrogen-bond acceptors (Lipinski definition) is 6. The topological polar surface area (TPSA) is 78.6 Å². The van der Waals surface area contributed by atoms with E-state index >= 15 is 0 Å². The highest BCUT2D eigenvalue weighted by molar-refractivity contribution is 9.10. The first kappa shape index (κ1) is 18.2. The van der Waals surface area contributed by atoms with E-state index in [9.17, 15) is 9.59 Å². The summed E-state index contributed by atoms with van der Waals surface area (Å²) in [4.78, 5) is 24.1. The molecule has 6 nitrogen and oxygen atoms in total. The number of ketones is 1. The van der Waals surface area contributed by atoms with Gasteiger partial charge in [-0.2, -0.15) is 0 Å². The number of halogens is 1. The second-order valence-corrected chi connectivity index (χ2v) is 6.15. The van der Waals surface area contributed by atoms with Crippen LogP contribution >= 0.6 is 15.9 Å². The maximum absolute atomic E-state index is 12.3. The molecule has 2 rings (SSSR count). The molecule has 0 aliphatic heterocycles. The number of carbonyl (C=O) groups excluding carboxylic acids is 2. The molecule has 0 amide bonds. The average Bonchev–Trinajstić information content (AvgIpc) is 2.89. The van der Waals surface area contributed by atoms with Crippen LogP contribution in [0.15, 0.2) is 27.2 Å². The van der Waals surface area contributed by atoms with Crippen LogP contribution in [0.1, 0.15) is 40.2 Å². The molecule has 0 bridgehead atoms. The molecule has 0 aliphatic carbocycles. The van der Waals surface area contributed by atoms with E-state index in [0.29, 0.717) is 22.8 Å². The molecule has 0 saturated heterocycles. The number of aromatic nitrogens is 1. The van der Waals surface area contributed by atoms with E-state index in [2.05, 4.69) is 21.1 Å². The maximum atomic E-state index is 12.3. The first-order valence-electron chi connectivity index (χ1n) is 7.36. The van der Waals surface area contributed by atoms with Crippen molar-refractivity contribution < 1.29 is 23.6 Å². The molecule has 0 unspecified atom stereocenters. The highest BCUT2D eigenvalue weighted by atomic mass is 79.9. The van der Waals surface area contributed by atoms with Crippen LogP contribution in [-0.4, -0.2) is 24.0 Å². The number of carbonyl (C=O) groups is 2. The Bertz CT molecular complexity index is 734. The van der Waals surface area contributed by atoms with Crippen LogP contribution in [0.3, 0.4) is 0 Å². The molecule has 128 valence electrons. The van der Waals surface area contributed by atoms with Crippen LogP contribution < -0.4 is 4.74 Å². The zero-order chi connectivity index (χ0) is 17.7. The highest BCUT2D eigenvalue weighted by Crippen LogP contribution is 2.24. The Morgan fingerprint density at radius 3 is 2.62 bits per heavy atom. The number of benzene rings is 1. The van der Waals surface area contributed by atoms with E-state index < -0.39 is 5.97 Å². The maximum Gasteiger partial charge on any atom is 0.306 e. The second-order valence-electron chi connectivity index (χ2n) is 5.23. The Balaban J connectivity index is 1.90. The van der Waals surface area contributed by atoms with Gasteiger partial charge in [0.15, 0.2) is 5.78 Å². The predicted octanol–water partition coefficient (Wildman–Crippen LogP) is 3.77. The van der Waals surface area contributed by atoms with Crippen molar-refractivity contribution in [2.75, 3.05) is 7.11 Å². The highest BCUT2D eigenvalue weighted by Gasteiger charge is 2.16. The molecule has 0 N–H and O–H groups in total. The fraction of sp³-hybridized carbons (Fsp3) is 0.353. The summed E-state index contributed by atoms with van der Waals surface area (Å²) in [5.41, 5.74) is 1.88. The van der Waals surface area contributed by atoms with Crippen LogP contribution in [0.4, 0.5) is 0 Å². The van der Waals surface area contributed by atoms with Gasteiger partial charge in [0.2, 0.25) is 0 Å². The fourth-order valence-electron chi connectivity index (χ4n) is 2.18. The number of ether oxygens (including phenoxy) is 2. The number of methoxy groups -OCH3 is 1. The standard InChI is InChI=1S/C17H18BrNO5/c1-10-14(11(2)24-19-10)9-23-17(21)7-5-15(20)13-8-12(18)4-6-16(13)22-3/h4,6,8H,5,7,9H2,1-3H3. The van der Waals surface area contributed by atoms with Gasteiger partial charge in [-0.05, 0) is 32.0 Å². The average molecular weight is 396 g/mol. The summed E-state index contributed by atoms with van der Waals surface area (Å²) in [7, 11) is 1.50. The predicted molar refractivity (Wildman–Crippen MR) is 90.0 cm³/mol. The fourth-order valence-corrected chi connectivity index (χ4v) is 2.54. The van der Waals surface area contributed by atoms with Gasteiger partial charge >= 0.3 is 5.97 Å². The summed E-state index contributed by atoms with van der Waals surface area (Å²) in [5, 5.41) is 3.80. The molecular formula is C17H18BrNO5. The molecule has 0 atom stereocenters. The molecule has 1 aromatic carbocycles. The number of Topliss-reactive ketones (excluding diaryl/α,β-unsaturated/α-hetero) is 1. The van der Waals surface area contributed by atoms with Gasteiger partial charge in [0.25, 0.3) is 0 Å². The van der Waals surface area contributed by atoms with Gasteiger partial charge in [-0.3, -0.25) is 9.59 Å². The van der Waals surface area contributed by atoms with Crippen LogP contribution in [-0.2, 0) is 16.1 Å². The van der Waals surface area contributed by atoms with Gasteiger partial charge in [0, 0.05) is 10.9 Å². The monoisotopic (exact) mass is 395 g/mol. The van der Waals surface area contributed by atoms with Gasteiger partial charge in [0.05, 0.1) is 30.4 Å². The first-order chi connectivity index (χ1) is 11.4. The minimum absolute atomic E-state index is 0.00211. The summed E-state index contributed by atoms with van der Waals surface area (Å²) in [6.07, 6.45) is 0.0468. The molecule has 2 aromatic rings. The lowest BCUT2D eigenvalue weighted by Gasteiger charge is -2.08. The summed E-state index contributed by atoms with van der Waals surface area (Å²) in [5.74, 6) is 0.474. The summed E-state index contributed by atoms with van der Waals surface area (Å²) in [6, 6.07) is 5.16. The van der Waals surface area contributed by atoms with E-state index in [1.807, 2.05) is 0 Å². The third-order valence-corrected chi connectivity index (χ3v) is 4.07. The molecule has 0 spiro atoms. The van der Waals surface area contributed by atoms with Crippen molar-refractivity contribution in [2.24, 2.45) is 0 Å². The van der Waals surface area contributed by atoms with Crippen LogP contribution in [0, 0.1) is 13.8 Å². The molecule has 1 aromatic heterocycles. The Hall–Kier alpha value is -2.15. The van der Waals surface area contributed by atoms with Gasteiger partial charge in [-0.25, -0.2) is 0 Å². The lowest BCUT2D eigenvalue weighted by Crippen LogP contribution is -2.09. The lowest BCUT2D eigenvalue weighted by molar-refractivity contribution is -0.144. The molecule has 24 heavy (non-hydrogen) atoms. The van der Waals surface area contributed by atoms with Crippen LogP contribution in [0.2, 0.25) is 0 Å². The molecule has 0 fully saturated rings. The Labute approximate surface area is 148 Å². The van der Waals surface area contributed by atoms with E-state index in [1.54, 1.807) is 32.0 Å². The number of nitrogens with zero attached hydrogens (tertiary/aromatic N) is 1. The Kier molecular flexibility index (Phi) is 6.14. The number of hydrogen-bond donors (Lipinski definition) is 0. The minimum atomic E-state index is -0.447. The Morgan fingerprint density at radius 2 is 2.00 bits per heavy atom. The zero-order valence-electron chi connectivity index (χ0n) is 13.7. The van der Waals surface area contributed by atoms with Gasteiger partial charge in [-0.15, -0.1) is 0 Å². The molecule has 0 aliphatic rings. The van der Waals surface area contributed by atoms with Crippen molar-refractivity contribution >= 4 is 27.7 Å². The van der Waals surface area contributed by atoms with Crippen molar-refractivity contribution in [3.63, 3.8) is 0 Å². The van der Waals surface area contributed by atoms with Gasteiger partial charge < -0.3 is 14.0 Å². The number of aryl methyl sites for hydroxylation is 2. The molecule has 7 heteroatoms. The van der Waals surface area contributed by atoms with Crippen LogP contribution in [0.5, 0.6) is 5.75 Å². The molecule has 1 heterocycles. The van der Waals surface area contributed by atoms with Crippen molar-refractivity contribution in [1.82, 2.24) is 5.16 Å². The normalized spacial score (nSPS) is 10.5. The van der Waals surface area contributed by atoms with Crippen LogP contribution in [0.25, 0.3) is 0 Å². The smallest absolute Gasteiger partial charge is 0.306 e. The Morgan fingerprint density at radius 1 is 1.25 bits per heavy atom. The summed E-state index contributed by atoms with van der Waals surface area (Å²) >= 11 is 3.32. The van der Waals surface area contributed by atoms with E-state index in [-0.39, 0.29) is 25.2 Å². The second kappa shape index (κ2) is 8.10. The van der Waals surface area contributed by atoms with E-state index in [0.717, 1.165) is 10.0 Å².